The molecule has 0 aliphatic carbocycles. The number of nitrogens with zero attached hydrogens (tertiary/aromatic N) is 7. The van der Waals surface area contributed by atoms with E-state index in [9.17, 15) is 0 Å². The van der Waals surface area contributed by atoms with Crippen molar-refractivity contribution in [2.24, 2.45) is 12.0 Å². The van der Waals surface area contributed by atoms with Gasteiger partial charge in [0.1, 0.15) is 10.8 Å². The van der Waals surface area contributed by atoms with Gasteiger partial charge in [-0.25, -0.2) is 4.98 Å². The zero-order valence-corrected chi connectivity index (χ0v) is 19.2. The molecule has 30 heavy (non-hydrogen) atoms. The lowest BCUT2D eigenvalue weighted by molar-refractivity contribution is 0.575. The number of anilines is 1. The zero-order chi connectivity index (χ0) is 21.3. The van der Waals surface area contributed by atoms with Gasteiger partial charge in [-0.3, -0.25) is 14.0 Å². The monoisotopic (exact) mass is 444 g/mol. The van der Waals surface area contributed by atoms with Gasteiger partial charge in [0, 0.05) is 57.0 Å². The maximum Gasteiger partial charge on any atom is 0.132 e. The fraction of sp³-hybridized carbons (Fsp3) is 0.400. The van der Waals surface area contributed by atoms with Crippen molar-refractivity contribution in [2.45, 2.75) is 25.8 Å². The maximum absolute atomic E-state index is 4.62. The Labute approximate surface area is 186 Å². The molecule has 0 saturated carbocycles. The second-order valence-corrected chi connectivity index (χ2v) is 8.64. The van der Waals surface area contributed by atoms with Gasteiger partial charge in [0.05, 0.1) is 18.4 Å². The summed E-state index contributed by atoms with van der Waals surface area (Å²) < 4.78 is 10.7. The van der Waals surface area contributed by atoms with Gasteiger partial charge in [0.25, 0.3) is 0 Å². The molecule has 1 saturated heterocycles. The predicted molar refractivity (Wildman–Crippen MR) is 127 cm³/mol. The molecule has 3 aromatic heterocycles. The summed E-state index contributed by atoms with van der Waals surface area (Å²) >= 11 is 3.34. The van der Waals surface area contributed by atoms with E-state index in [1.165, 1.54) is 29.2 Å². The van der Waals surface area contributed by atoms with Crippen molar-refractivity contribution in [3.05, 3.63) is 54.1 Å². The van der Waals surface area contributed by atoms with Crippen LogP contribution in [0.25, 0.3) is 6.20 Å². The van der Waals surface area contributed by atoms with Gasteiger partial charge in [-0.15, -0.1) is 0 Å². The van der Waals surface area contributed by atoms with Gasteiger partial charge in [-0.1, -0.05) is 11.9 Å². The maximum atomic E-state index is 4.62. The molecule has 0 bridgehead atoms. The van der Waals surface area contributed by atoms with Crippen LogP contribution in [-0.2, 0) is 13.6 Å². The second kappa shape index (κ2) is 11.1. The van der Waals surface area contributed by atoms with Gasteiger partial charge in [0.2, 0.25) is 0 Å². The number of hydrogen-bond acceptors (Lipinski definition) is 8. The summed E-state index contributed by atoms with van der Waals surface area (Å²) in [5.41, 5.74) is 2.41. The molecule has 0 amide bonds. The van der Waals surface area contributed by atoms with E-state index in [1.807, 2.05) is 55.3 Å². The highest BCUT2D eigenvalue weighted by molar-refractivity contribution is 7.96. The molecule has 0 spiro atoms. The molecule has 1 fully saturated rings. The molecule has 1 N–H and O–H groups in total. The third-order valence-electron chi connectivity index (χ3n) is 4.69. The van der Waals surface area contributed by atoms with E-state index in [0.29, 0.717) is 12.5 Å². The van der Waals surface area contributed by atoms with Crippen LogP contribution in [0.1, 0.15) is 29.4 Å². The summed E-state index contributed by atoms with van der Waals surface area (Å²) in [5.74, 6) is 1.48. The van der Waals surface area contributed by atoms with Crippen molar-refractivity contribution in [3.63, 3.8) is 0 Å². The molecule has 1 aliphatic rings. The average molecular weight is 445 g/mol. The van der Waals surface area contributed by atoms with Crippen molar-refractivity contribution in [3.8, 4) is 0 Å². The smallest absolute Gasteiger partial charge is 0.132 e. The van der Waals surface area contributed by atoms with Crippen molar-refractivity contribution in [2.75, 3.05) is 24.7 Å². The van der Waals surface area contributed by atoms with E-state index < -0.39 is 0 Å². The van der Waals surface area contributed by atoms with Crippen molar-refractivity contribution < 1.29 is 0 Å². The fourth-order valence-corrected chi connectivity index (χ4v) is 4.48. The summed E-state index contributed by atoms with van der Waals surface area (Å²) in [7, 11) is 1.91. The van der Waals surface area contributed by atoms with Crippen molar-refractivity contribution >= 4 is 41.4 Å². The fourth-order valence-electron chi connectivity index (χ4n) is 3.15. The van der Waals surface area contributed by atoms with Gasteiger partial charge in [0.15, 0.2) is 0 Å². The SMILES string of the molecule is C=N/C=C\n1ccnc1CNc1cc(C2CCN(SC)C2)ns1.Cc1cnn(C)c1. The Morgan fingerprint density at radius 1 is 1.47 bits per heavy atom. The van der Waals surface area contributed by atoms with E-state index in [4.69, 9.17) is 0 Å². The van der Waals surface area contributed by atoms with Crippen LogP contribution in [0.4, 0.5) is 5.00 Å². The molecule has 1 atom stereocenters. The Balaban J connectivity index is 0.000000310. The van der Waals surface area contributed by atoms with Crippen LogP contribution in [0.2, 0.25) is 0 Å². The number of aliphatic imine (C=N–C) groups is 1. The first kappa shape index (κ1) is 22.3. The molecule has 3 aromatic rings. The summed E-state index contributed by atoms with van der Waals surface area (Å²) in [4.78, 5) is 8.07. The van der Waals surface area contributed by atoms with Gasteiger partial charge in [-0.05, 0) is 49.5 Å². The molecule has 160 valence electrons. The van der Waals surface area contributed by atoms with Crippen LogP contribution in [0.5, 0.6) is 0 Å². The van der Waals surface area contributed by atoms with E-state index in [-0.39, 0.29) is 0 Å². The standard InChI is InChI=1S/C15H20N6S2.C5H8N2/c1-16-4-7-20-8-5-17-14(20)10-18-15-9-13(19-23-15)12-3-6-21(11-12)22-2;1-5-3-6-7(2)4-5/h4-5,7-9,12,18H,1,3,6,10-11H2,2H3;3-4H,1-2H3/b7-4-;. The summed E-state index contributed by atoms with van der Waals surface area (Å²) in [6, 6.07) is 2.17. The van der Waals surface area contributed by atoms with Crippen molar-refractivity contribution in [1.29, 1.82) is 0 Å². The highest BCUT2D eigenvalue weighted by Gasteiger charge is 2.25. The van der Waals surface area contributed by atoms with Gasteiger partial charge < -0.3 is 9.88 Å². The minimum atomic E-state index is 0.554. The molecular weight excluding hydrogens is 416 g/mol. The lowest BCUT2D eigenvalue weighted by atomic mass is 10.1. The quantitative estimate of drug-likeness (QED) is 0.440. The van der Waals surface area contributed by atoms with Crippen molar-refractivity contribution in [1.82, 2.24) is 28.0 Å². The van der Waals surface area contributed by atoms with E-state index >= 15 is 0 Å². The predicted octanol–water partition coefficient (Wildman–Crippen LogP) is 3.88. The largest absolute Gasteiger partial charge is 0.368 e. The zero-order valence-electron chi connectivity index (χ0n) is 17.6. The third kappa shape index (κ3) is 6.28. The number of imidazole rings is 1. The van der Waals surface area contributed by atoms with Gasteiger partial charge >= 0.3 is 0 Å². The number of rotatable bonds is 7. The third-order valence-corrected chi connectivity index (χ3v) is 6.30. The van der Waals surface area contributed by atoms with Gasteiger partial charge in [-0.2, -0.15) is 9.47 Å². The average Bonchev–Trinajstić information content (AvgIpc) is 3.53. The first-order valence-electron chi connectivity index (χ1n) is 9.68. The molecule has 4 rings (SSSR count). The lowest BCUT2D eigenvalue weighted by Crippen LogP contribution is -2.10. The van der Waals surface area contributed by atoms with E-state index in [2.05, 4.69) is 48.1 Å². The molecule has 10 heteroatoms. The Morgan fingerprint density at radius 3 is 2.97 bits per heavy atom. The molecule has 1 aliphatic heterocycles. The number of hydrogen-bond donors (Lipinski definition) is 1. The van der Waals surface area contributed by atoms with Crippen LogP contribution in [0, 0.1) is 6.92 Å². The summed E-state index contributed by atoms with van der Waals surface area (Å²) in [6.07, 6.45) is 14.3. The number of nitrogens with one attached hydrogen (secondary N) is 1. The highest BCUT2D eigenvalue weighted by atomic mass is 32.2. The molecule has 4 heterocycles. The number of aryl methyl sites for hydroxylation is 2. The highest BCUT2D eigenvalue weighted by Crippen LogP contribution is 2.32. The molecule has 1 unspecified atom stereocenters. The summed E-state index contributed by atoms with van der Waals surface area (Å²) in [5, 5.41) is 8.43. The minimum Gasteiger partial charge on any atom is -0.368 e. The van der Waals surface area contributed by atoms with Crippen LogP contribution in [0.3, 0.4) is 0 Å². The normalized spacial score (nSPS) is 16.6. The first-order valence-corrected chi connectivity index (χ1v) is 11.6. The Morgan fingerprint density at radius 2 is 2.33 bits per heavy atom. The van der Waals surface area contributed by atoms with Crippen LogP contribution >= 0.6 is 23.5 Å². The van der Waals surface area contributed by atoms with E-state index in [0.717, 1.165) is 23.9 Å². The first-order chi connectivity index (χ1) is 14.6. The number of aromatic nitrogens is 5. The Kier molecular flexibility index (Phi) is 8.23. The topological polar surface area (TPSA) is 76.2 Å². The van der Waals surface area contributed by atoms with Crippen LogP contribution in [0.15, 0.2) is 42.0 Å². The Bertz CT molecular complexity index is 941. The Hall–Kier alpha value is -2.43. The summed E-state index contributed by atoms with van der Waals surface area (Å²) in [6.45, 7) is 8.35. The van der Waals surface area contributed by atoms with Crippen LogP contribution in [-0.4, -0.2) is 54.1 Å². The molecule has 8 nitrogen and oxygen atoms in total. The lowest BCUT2D eigenvalue weighted by Gasteiger charge is -2.10. The minimum absolute atomic E-state index is 0.554. The van der Waals surface area contributed by atoms with Crippen LogP contribution < -0.4 is 5.32 Å². The molecule has 0 aromatic carbocycles. The molecule has 0 radical (unpaired) electrons. The van der Waals surface area contributed by atoms with E-state index in [1.54, 1.807) is 17.1 Å². The second-order valence-electron chi connectivity index (χ2n) is 6.95. The molecular formula is C20H28N8S2.